The Labute approximate surface area is 127 Å². The summed E-state index contributed by atoms with van der Waals surface area (Å²) >= 11 is 0. The molecule has 0 heterocycles. The molecule has 1 atom stereocenters. The van der Waals surface area contributed by atoms with Crippen LogP contribution in [0.25, 0.3) is 0 Å². The zero-order valence-electron chi connectivity index (χ0n) is 13.2. The summed E-state index contributed by atoms with van der Waals surface area (Å²) in [4.78, 5) is 12.2. The van der Waals surface area contributed by atoms with Crippen LogP contribution < -0.4 is 5.32 Å². The minimum Gasteiger partial charge on any atom is -0.396 e. The summed E-state index contributed by atoms with van der Waals surface area (Å²) in [5.74, 6) is 0.485. The first-order chi connectivity index (χ1) is 10.0. The zero-order chi connectivity index (χ0) is 15.3. The van der Waals surface area contributed by atoms with Gasteiger partial charge in [-0.3, -0.25) is 4.79 Å². The van der Waals surface area contributed by atoms with Gasteiger partial charge in [0, 0.05) is 19.6 Å². The van der Waals surface area contributed by atoms with Crippen molar-refractivity contribution in [2.75, 3.05) is 13.2 Å². The normalized spacial score (nSPS) is 18.1. The van der Waals surface area contributed by atoms with Crippen LogP contribution in [0.1, 0.15) is 56.6 Å². The minimum absolute atomic E-state index is 0.0467. The van der Waals surface area contributed by atoms with Gasteiger partial charge >= 0.3 is 0 Å². The molecule has 1 aromatic carbocycles. The third-order valence-electron chi connectivity index (χ3n) is 4.48. The molecule has 0 bridgehead atoms. The summed E-state index contributed by atoms with van der Waals surface area (Å²) in [6.07, 6.45) is 4.69. The van der Waals surface area contributed by atoms with Gasteiger partial charge in [-0.25, -0.2) is 0 Å². The Balaban J connectivity index is 1.89. The monoisotopic (exact) mass is 289 g/mol. The lowest BCUT2D eigenvalue weighted by atomic mass is 9.81. The molecule has 1 amide bonds. The summed E-state index contributed by atoms with van der Waals surface area (Å²) in [5.41, 5.74) is 2.71. The molecule has 1 aromatic rings. The zero-order valence-corrected chi connectivity index (χ0v) is 13.2. The molecule has 1 unspecified atom stereocenters. The van der Waals surface area contributed by atoms with Crippen LogP contribution in [-0.2, 0) is 11.2 Å². The van der Waals surface area contributed by atoms with Gasteiger partial charge in [0.2, 0.25) is 5.91 Å². The fourth-order valence-corrected chi connectivity index (χ4v) is 3.09. The number of benzene rings is 1. The molecule has 3 heteroatoms. The van der Waals surface area contributed by atoms with Crippen molar-refractivity contribution in [2.24, 2.45) is 5.41 Å². The Morgan fingerprint density at radius 3 is 2.90 bits per heavy atom. The first kappa shape index (κ1) is 16.0. The van der Waals surface area contributed by atoms with E-state index < -0.39 is 0 Å². The van der Waals surface area contributed by atoms with Gasteiger partial charge in [0.05, 0.1) is 0 Å². The average Bonchev–Trinajstić information content (AvgIpc) is 2.46. The molecule has 3 nitrogen and oxygen atoms in total. The molecular formula is C18H27NO2. The quantitative estimate of drug-likeness (QED) is 0.845. The highest BCUT2D eigenvalue weighted by atomic mass is 16.3. The van der Waals surface area contributed by atoms with Crippen LogP contribution in [0.4, 0.5) is 0 Å². The first-order valence-corrected chi connectivity index (χ1v) is 7.97. The van der Waals surface area contributed by atoms with E-state index in [0.29, 0.717) is 25.3 Å². The molecule has 0 saturated carbocycles. The van der Waals surface area contributed by atoms with Crippen LogP contribution in [0, 0.1) is 5.41 Å². The molecule has 21 heavy (non-hydrogen) atoms. The number of hydrogen-bond donors (Lipinski definition) is 2. The number of fused-ring (bicyclic) bond motifs is 1. The van der Waals surface area contributed by atoms with Gasteiger partial charge in [-0.15, -0.1) is 0 Å². The number of aliphatic hydroxyl groups excluding tert-OH is 1. The number of hydrogen-bond acceptors (Lipinski definition) is 2. The summed E-state index contributed by atoms with van der Waals surface area (Å²) in [6, 6.07) is 8.50. The summed E-state index contributed by atoms with van der Waals surface area (Å²) in [6.45, 7) is 4.93. The summed E-state index contributed by atoms with van der Waals surface area (Å²) in [5, 5.41) is 12.1. The van der Waals surface area contributed by atoms with Crippen LogP contribution in [0.5, 0.6) is 0 Å². The number of amides is 1. The Kier molecular flexibility index (Phi) is 5.40. The fourth-order valence-electron chi connectivity index (χ4n) is 3.09. The third-order valence-corrected chi connectivity index (χ3v) is 4.48. The van der Waals surface area contributed by atoms with Gasteiger partial charge in [-0.2, -0.15) is 0 Å². The van der Waals surface area contributed by atoms with Crippen molar-refractivity contribution in [1.29, 1.82) is 0 Å². The largest absolute Gasteiger partial charge is 0.396 e. The van der Waals surface area contributed by atoms with Gasteiger partial charge < -0.3 is 10.4 Å². The third kappa shape index (κ3) is 4.57. The Hall–Kier alpha value is -1.35. The molecule has 1 aliphatic rings. The van der Waals surface area contributed by atoms with Crippen LogP contribution in [-0.4, -0.2) is 24.2 Å². The molecule has 2 N–H and O–H groups in total. The SMILES string of the molecule is CC(C)(CCO)CNC(=O)CC1CCCc2ccccc21. The molecule has 0 spiro atoms. The van der Waals surface area contributed by atoms with E-state index >= 15 is 0 Å². The highest BCUT2D eigenvalue weighted by Crippen LogP contribution is 2.33. The summed E-state index contributed by atoms with van der Waals surface area (Å²) < 4.78 is 0. The van der Waals surface area contributed by atoms with E-state index in [4.69, 9.17) is 5.11 Å². The van der Waals surface area contributed by atoms with Gasteiger partial charge in [0.25, 0.3) is 0 Å². The summed E-state index contributed by atoms with van der Waals surface area (Å²) in [7, 11) is 0. The van der Waals surface area contributed by atoms with E-state index in [9.17, 15) is 4.79 Å². The van der Waals surface area contributed by atoms with Crippen LogP contribution >= 0.6 is 0 Å². The lowest BCUT2D eigenvalue weighted by Crippen LogP contribution is -2.35. The van der Waals surface area contributed by atoms with Gasteiger partial charge in [0.1, 0.15) is 0 Å². The second-order valence-electron chi connectivity index (χ2n) is 6.91. The Bertz CT molecular complexity index is 482. The predicted octanol–water partition coefficient (Wildman–Crippen LogP) is 3.02. The number of aryl methyl sites for hydroxylation is 1. The Morgan fingerprint density at radius 2 is 2.14 bits per heavy atom. The van der Waals surface area contributed by atoms with E-state index in [1.54, 1.807) is 0 Å². The van der Waals surface area contributed by atoms with Crippen molar-refractivity contribution in [3.63, 3.8) is 0 Å². The maximum atomic E-state index is 12.2. The molecular weight excluding hydrogens is 262 g/mol. The number of aliphatic hydroxyl groups is 1. The van der Waals surface area contributed by atoms with Crippen molar-refractivity contribution in [3.05, 3.63) is 35.4 Å². The van der Waals surface area contributed by atoms with Crippen molar-refractivity contribution >= 4 is 5.91 Å². The molecule has 0 fully saturated rings. The maximum Gasteiger partial charge on any atom is 0.220 e. The molecule has 0 aliphatic heterocycles. The van der Waals surface area contributed by atoms with Crippen LogP contribution in [0.2, 0.25) is 0 Å². The van der Waals surface area contributed by atoms with Gasteiger partial charge in [0.15, 0.2) is 0 Å². The fraction of sp³-hybridized carbons (Fsp3) is 0.611. The number of nitrogens with one attached hydrogen (secondary N) is 1. The molecule has 0 saturated heterocycles. The van der Waals surface area contributed by atoms with Crippen molar-refractivity contribution < 1.29 is 9.90 Å². The Morgan fingerprint density at radius 1 is 1.38 bits per heavy atom. The lowest BCUT2D eigenvalue weighted by Gasteiger charge is -2.27. The van der Waals surface area contributed by atoms with Crippen molar-refractivity contribution in [3.8, 4) is 0 Å². The number of carbonyl (C=O) groups is 1. The standard InChI is InChI=1S/C18H27NO2/c1-18(2,10-11-20)13-19-17(21)12-15-8-5-7-14-6-3-4-9-16(14)15/h3-4,6,9,15,20H,5,7-8,10-13H2,1-2H3,(H,19,21). The first-order valence-electron chi connectivity index (χ1n) is 7.97. The number of carbonyl (C=O) groups excluding carboxylic acids is 1. The van der Waals surface area contributed by atoms with Gasteiger partial charge in [-0.05, 0) is 48.1 Å². The second kappa shape index (κ2) is 7.08. The molecule has 0 aromatic heterocycles. The highest BCUT2D eigenvalue weighted by Gasteiger charge is 2.23. The van der Waals surface area contributed by atoms with E-state index in [1.807, 2.05) is 0 Å². The van der Waals surface area contributed by atoms with Crippen molar-refractivity contribution in [2.45, 2.75) is 51.9 Å². The van der Waals surface area contributed by atoms with Crippen LogP contribution in [0.3, 0.4) is 0 Å². The lowest BCUT2D eigenvalue weighted by molar-refractivity contribution is -0.122. The average molecular weight is 289 g/mol. The molecule has 116 valence electrons. The van der Waals surface area contributed by atoms with Crippen molar-refractivity contribution in [1.82, 2.24) is 5.32 Å². The predicted molar refractivity (Wildman–Crippen MR) is 85.2 cm³/mol. The van der Waals surface area contributed by atoms with Gasteiger partial charge in [-0.1, -0.05) is 38.1 Å². The maximum absolute atomic E-state index is 12.2. The molecule has 2 rings (SSSR count). The van der Waals surface area contributed by atoms with E-state index in [-0.39, 0.29) is 17.9 Å². The molecule has 0 radical (unpaired) electrons. The van der Waals surface area contributed by atoms with E-state index in [1.165, 1.54) is 17.5 Å². The number of rotatable bonds is 6. The van der Waals surface area contributed by atoms with E-state index in [2.05, 4.69) is 43.4 Å². The highest BCUT2D eigenvalue weighted by molar-refractivity contribution is 5.77. The second-order valence-corrected chi connectivity index (χ2v) is 6.91. The smallest absolute Gasteiger partial charge is 0.220 e. The topological polar surface area (TPSA) is 49.3 Å². The van der Waals surface area contributed by atoms with Crippen LogP contribution in [0.15, 0.2) is 24.3 Å². The van der Waals surface area contributed by atoms with E-state index in [0.717, 1.165) is 12.8 Å². The minimum atomic E-state index is -0.0467. The molecule has 1 aliphatic carbocycles.